The zero-order valence-electron chi connectivity index (χ0n) is 26.1. The lowest BCUT2D eigenvalue weighted by molar-refractivity contribution is 0.104. The van der Waals surface area contributed by atoms with Gasteiger partial charge in [-0.2, -0.15) is 0 Å². The Morgan fingerprint density at radius 1 is 0.964 bits per heavy atom. The summed E-state index contributed by atoms with van der Waals surface area (Å²) in [5.41, 5.74) is 0.310. The first-order chi connectivity index (χ1) is 17.9. The summed E-state index contributed by atoms with van der Waals surface area (Å²) in [5.74, 6) is 0.0286. The summed E-state index contributed by atoms with van der Waals surface area (Å²) in [6.07, 6.45) is -10.2. The number of carbonyl (C=O) groups is 1. The van der Waals surface area contributed by atoms with Gasteiger partial charge in [-0.25, -0.2) is 0 Å². The Bertz CT molecular complexity index is 1570. The van der Waals surface area contributed by atoms with Gasteiger partial charge in [0, 0.05) is 55.2 Å². The predicted molar refractivity (Wildman–Crippen MR) is 115 cm³/mol. The van der Waals surface area contributed by atoms with Crippen molar-refractivity contribution in [1.82, 2.24) is 4.57 Å². The number of carbonyl (C=O) groups excluding carboxylic acids is 1. The predicted octanol–water partition coefficient (Wildman–Crippen LogP) is 6.22. The van der Waals surface area contributed by atoms with Crippen molar-refractivity contribution in [2.24, 2.45) is 0 Å². The van der Waals surface area contributed by atoms with Crippen molar-refractivity contribution in [3.05, 3.63) is 78.0 Å². The molecular formula is C25H25NO2. The topological polar surface area (TPSA) is 31.2 Å². The molecule has 0 aliphatic carbocycles. The third kappa shape index (κ3) is 3.18. The van der Waals surface area contributed by atoms with Crippen LogP contribution in [0.3, 0.4) is 0 Å². The first-order valence-electron chi connectivity index (χ1n) is 14.1. The van der Waals surface area contributed by atoms with Crippen LogP contribution >= 0.6 is 0 Å². The molecule has 3 heteroatoms. The van der Waals surface area contributed by atoms with E-state index in [2.05, 4.69) is 0 Å². The van der Waals surface area contributed by atoms with Gasteiger partial charge in [0.1, 0.15) is 5.75 Å². The van der Waals surface area contributed by atoms with Crippen molar-refractivity contribution in [2.45, 2.75) is 32.5 Å². The second-order valence-corrected chi connectivity index (χ2v) is 6.11. The van der Waals surface area contributed by atoms with Crippen LogP contribution < -0.4 is 4.74 Å². The van der Waals surface area contributed by atoms with E-state index in [1.165, 1.54) is 25.3 Å². The van der Waals surface area contributed by atoms with E-state index in [9.17, 15) is 4.79 Å². The minimum absolute atomic E-state index is 0.0000114. The van der Waals surface area contributed by atoms with Crippen LogP contribution in [-0.4, -0.2) is 17.5 Å². The lowest BCUT2D eigenvalue weighted by Gasteiger charge is -2.09. The first-order valence-corrected chi connectivity index (χ1v) is 8.63. The number of ether oxygens (including phenoxy) is 1. The van der Waals surface area contributed by atoms with Gasteiger partial charge in [-0.1, -0.05) is 62.1 Å². The molecule has 3 nitrogen and oxygen atoms in total. The number of ketones is 1. The van der Waals surface area contributed by atoms with Gasteiger partial charge in [0.2, 0.25) is 0 Å². The number of methoxy groups -OCH3 is 1. The van der Waals surface area contributed by atoms with E-state index in [1.54, 1.807) is 42.5 Å². The number of hydrogen-bond acceptors (Lipinski definition) is 2. The fourth-order valence-electron chi connectivity index (χ4n) is 3.37. The van der Waals surface area contributed by atoms with E-state index < -0.39 is 38.3 Å². The summed E-state index contributed by atoms with van der Waals surface area (Å²) >= 11 is 0. The van der Waals surface area contributed by atoms with Crippen molar-refractivity contribution in [3.63, 3.8) is 0 Å². The quantitative estimate of drug-likeness (QED) is 0.355. The van der Waals surface area contributed by atoms with E-state index in [0.29, 0.717) is 16.5 Å². The second-order valence-electron chi connectivity index (χ2n) is 6.11. The maximum atomic E-state index is 13.9. The Hall–Kier alpha value is -3.07. The van der Waals surface area contributed by atoms with Crippen LogP contribution in [0, 0.1) is 0 Å². The number of hydrogen-bond donors (Lipinski definition) is 0. The number of para-hydroxylation sites is 1. The molecule has 0 N–H and O–H groups in total. The summed E-state index contributed by atoms with van der Waals surface area (Å²) in [5, 5.41) is 1.49. The maximum Gasteiger partial charge on any atom is 0.195 e. The SMILES string of the molecule is [2H]C([2H])([2H])C([2H])([2H])C([2H])([2H])C([2H])([2H])C([2H])([2H])n1cc(C(=O)c2ccc(OC)c3ccccc23)c2ccccc21. The number of benzene rings is 3. The van der Waals surface area contributed by atoms with Gasteiger partial charge >= 0.3 is 0 Å². The third-order valence-electron chi connectivity index (χ3n) is 4.61. The largest absolute Gasteiger partial charge is 0.496 e. The van der Waals surface area contributed by atoms with Gasteiger partial charge in [0.15, 0.2) is 5.78 Å². The fourth-order valence-corrected chi connectivity index (χ4v) is 3.37. The molecular weight excluding hydrogens is 346 g/mol. The van der Waals surface area contributed by atoms with Crippen molar-refractivity contribution in [2.75, 3.05) is 7.11 Å². The molecule has 4 aromatic rings. The van der Waals surface area contributed by atoms with Crippen LogP contribution in [-0.2, 0) is 6.50 Å². The summed E-state index contributed by atoms with van der Waals surface area (Å²) in [6, 6.07) is 16.3. The van der Waals surface area contributed by atoms with E-state index in [0.717, 1.165) is 10.8 Å². The molecule has 28 heavy (non-hydrogen) atoms. The van der Waals surface area contributed by atoms with E-state index in [1.807, 2.05) is 0 Å². The molecule has 0 fully saturated rings. The summed E-state index contributed by atoms with van der Waals surface area (Å²) in [7, 11) is 1.50. The minimum atomic E-state index is -3.82. The van der Waals surface area contributed by atoms with Crippen LogP contribution in [0.2, 0.25) is 0 Å². The van der Waals surface area contributed by atoms with Gasteiger partial charge in [0.05, 0.1) is 7.11 Å². The lowest BCUT2D eigenvalue weighted by Crippen LogP contribution is -2.03. The van der Waals surface area contributed by atoms with Crippen LogP contribution in [0.1, 0.15) is 57.0 Å². The molecule has 0 aliphatic rings. The molecule has 0 aliphatic heterocycles. The number of fused-ring (bicyclic) bond motifs is 2. The molecule has 0 saturated carbocycles. The fraction of sp³-hybridized carbons (Fsp3) is 0.240. The molecule has 0 unspecified atom stereocenters. The Kier molecular flexibility index (Phi) is 2.65. The number of rotatable bonds is 7. The minimum Gasteiger partial charge on any atom is -0.496 e. The van der Waals surface area contributed by atoms with Gasteiger partial charge < -0.3 is 9.30 Å². The molecule has 0 bridgehead atoms. The molecule has 0 atom stereocenters. The van der Waals surface area contributed by atoms with Crippen molar-refractivity contribution in [3.8, 4) is 5.75 Å². The van der Waals surface area contributed by atoms with Gasteiger partial charge in [0.25, 0.3) is 0 Å². The second kappa shape index (κ2) is 7.89. The normalized spacial score (nSPS) is 19.5. The van der Waals surface area contributed by atoms with E-state index in [-0.39, 0.29) is 22.0 Å². The Morgan fingerprint density at radius 2 is 1.71 bits per heavy atom. The van der Waals surface area contributed by atoms with Crippen LogP contribution in [0.25, 0.3) is 21.7 Å². The average molecular weight is 383 g/mol. The van der Waals surface area contributed by atoms with Crippen LogP contribution in [0.5, 0.6) is 5.75 Å². The summed E-state index contributed by atoms with van der Waals surface area (Å²) < 4.78 is 94.7. The average Bonchev–Trinajstić information content (AvgIpc) is 3.27. The van der Waals surface area contributed by atoms with E-state index >= 15 is 0 Å². The summed E-state index contributed by atoms with van der Waals surface area (Å²) in [6.45, 7) is -6.93. The number of nitrogens with zero attached hydrogens (tertiary/aromatic N) is 1. The molecule has 142 valence electrons. The molecule has 4 rings (SSSR count). The van der Waals surface area contributed by atoms with Gasteiger partial charge in [-0.15, -0.1) is 0 Å². The number of aromatic nitrogens is 1. The van der Waals surface area contributed by atoms with Crippen molar-refractivity contribution < 1.29 is 24.6 Å². The van der Waals surface area contributed by atoms with Crippen molar-refractivity contribution in [1.29, 1.82) is 0 Å². The van der Waals surface area contributed by atoms with Gasteiger partial charge in [-0.3, -0.25) is 4.79 Å². The Labute approximate surface area is 181 Å². The van der Waals surface area contributed by atoms with E-state index in [4.69, 9.17) is 19.8 Å². The third-order valence-corrected chi connectivity index (χ3v) is 4.61. The highest BCUT2D eigenvalue weighted by atomic mass is 16.5. The highest BCUT2D eigenvalue weighted by Crippen LogP contribution is 2.31. The number of aryl methyl sites for hydroxylation is 1. The zero-order chi connectivity index (χ0) is 29.2. The zero-order valence-corrected chi connectivity index (χ0v) is 15.1. The molecule has 0 amide bonds. The molecule has 1 heterocycles. The first kappa shape index (κ1) is 9.42. The lowest BCUT2D eigenvalue weighted by atomic mass is 9.96. The molecule has 0 radical (unpaired) electrons. The Morgan fingerprint density at radius 3 is 2.50 bits per heavy atom. The highest BCUT2D eigenvalue weighted by molar-refractivity contribution is 6.21. The smallest absolute Gasteiger partial charge is 0.195 e. The summed E-state index contributed by atoms with van der Waals surface area (Å²) in [4.78, 5) is 13.9. The molecule has 0 saturated heterocycles. The van der Waals surface area contributed by atoms with Crippen LogP contribution in [0.15, 0.2) is 66.9 Å². The highest BCUT2D eigenvalue weighted by Gasteiger charge is 2.19. The maximum absolute atomic E-state index is 13.9. The van der Waals surface area contributed by atoms with Crippen molar-refractivity contribution >= 4 is 27.5 Å². The molecule has 1 aromatic heterocycles. The monoisotopic (exact) mass is 382 g/mol. The van der Waals surface area contributed by atoms with Gasteiger partial charge in [-0.05, 0) is 30.0 Å². The van der Waals surface area contributed by atoms with Crippen LogP contribution in [0.4, 0.5) is 0 Å². The Balaban J connectivity index is 1.93. The standard InChI is InChI=1S/C25H25NO2/c1-3-4-9-16-26-17-22(19-11-7-8-13-23(19)26)25(27)21-14-15-24(28-2)20-12-6-5-10-18(20)21/h5-8,10-15,17H,3-4,9,16H2,1-2H3/i1D3,3D2,4D2,9D2,16D2. The molecule has 0 spiro atoms. The molecule has 3 aromatic carbocycles.